The van der Waals surface area contributed by atoms with Crippen molar-refractivity contribution in [2.75, 3.05) is 56.9 Å². The molecule has 0 spiro atoms. The van der Waals surface area contributed by atoms with Gasteiger partial charge in [-0.3, -0.25) is 4.79 Å². The molecular formula is C24H30Cl2N10O3. The number of nitrogens with zero attached hydrogens (tertiary/aromatic N) is 6. The summed E-state index contributed by atoms with van der Waals surface area (Å²) in [6.07, 6.45) is 1.20. The highest BCUT2D eigenvalue weighted by molar-refractivity contribution is 6.34. The smallest absolute Gasteiger partial charge is 0.243 e. The number of aromatic nitrogens is 4. The monoisotopic (exact) mass is 576 g/mol. The van der Waals surface area contributed by atoms with E-state index in [1.54, 1.807) is 38.4 Å². The molecule has 3 aromatic rings. The van der Waals surface area contributed by atoms with Crippen LogP contribution in [0.5, 0.6) is 5.88 Å². The lowest BCUT2D eigenvalue weighted by Crippen LogP contribution is -2.27. The van der Waals surface area contributed by atoms with Crippen molar-refractivity contribution in [3.63, 3.8) is 0 Å². The van der Waals surface area contributed by atoms with Crippen LogP contribution < -0.4 is 26.0 Å². The van der Waals surface area contributed by atoms with Gasteiger partial charge in [-0.15, -0.1) is 15.3 Å². The fourth-order valence-electron chi connectivity index (χ4n) is 3.33. The summed E-state index contributed by atoms with van der Waals surface area (Å²) < 4.78 is 12.1. The van der Waals surface area contributed by atoms with Crippen LogP contribution in [0.3, 0.4) is 0 Å². The van der Waals surface area contributed by atoms with Gasteiger partial charge in [0.2, 0.25) is 17.7 Å². The molecule has 1 atom stereocenters. The minimum Gasteiger partial charge on any atom is -0.481 e. The predicted molar refractivity (Wildman–Crippen MR) is 153 cm³/mol. The first-order valence-electron chi connectivity index (χ1n) is 11.8. The lowest BCUT2D eigenvalue weighted by Gasteiger charge is -2.16. The van der Waals surface area contributed by atoms with Crippen LogP contribution in [0, 0.1) is 0 Å². The number of azo groups is 1. The molecule has 0 aliphatic rings. The fraction of sp³-hybridized carbons (Fsp3) is 0.333. The highest BCUT2D eigenvalue weighted by Crippen LogP contribution is 2.35. The van der Waals surface area contributed by atoms with Gasteiger partial charge in [-0.2, -0.15) is 14.6 Å². The Morgan fingerprint density at radius 1 is 1.18 bits per heavy atom. The quantitative estimate of drug-likeness (QED) is 0.122. The van der Waals surface area contributed by atoms with E-state index in [9.17, 15) is 4.79 Å². The van der Waals surface area contributed by atoms with Crippen LogP contribution in [0.1, 0.15) is 6.92 Å². The largest absolute Gasteiger partial charge is 0.481 e. The van der Waals surface area contributed by atoms with Gasteiger partial charge in [0.05, 0.1) is 24.4 Å². The first kappa shape index (κ1) is 29.6. The standard InChI is InChI=1S/C24H30Cl2N10O3/c1-6-19(37)28-9-10-29-23-21(22(27-3)31-24(32-23)30-14(2)13-38-4)34-33-18-12-20(39-5)36(35-18)17-11-15(25)7-8-16(17)26/h6-8,11-12,14H,1,9-10,13H2,2-5H3,(H,28,37)(H3,27,29,30,31,32). The van der Waals surface area contributed by atoms with Crippen LogP contribution in [0.25, 0.3) is 5.69 Å². The molecule has 3 rings (SSSR count). The average Bonchev–Trinajstić information content (AvgIpc) is 3.34. The Labute approximate surface area is 236 Å². The molecule has 208 valence electrons. The zero-order valence-corrected chi connectivity index (χ0v) is 23.5. The van der Waals surface area contributed by atoms with E-state index in [1.165, 1.54) is 17.9 Å². The molecule has 0 radical (unpaired) electrons. The van der Waals surface area contributed by atoms with Crippen molar-refractivity contribution in [2.24, 2.45) is 10.2 Å². The van der Waals surface area contributed by atoms with Crippen LogP contribution in [-0.2, 0) is 9.53 Å². The van der Waals surface area contributed by atoms with E-state index in [1.807, 2.05) is 6.92 Å². The Morgan fingerprint density at radius 3 is 2.64 bits per heavy atom. The lowest BCUT2D eigenvalue weighted by molar-refractivity contribution is -0.116. The van der Waals surface area contributed by atoms with Crippen molar-refractivity contribution in [2.45, 2.75) is 13.0 Å². The summed E-state index contributed by atoms with van der Waals surface area (Å²) in [4.78, 5) is 20.6. The van der Waals surface area contributed by atoms with Crippen LogP contribution in [-0.4, -0.2) is 72.7 Å². The van der Waals surface area contributed by atoms with E-state index in [4.69, 9.17) is 32.7 Å². The molecule has 0 aliphatic heterocycles. The molecule has 0 fully saturated rings. The van der Waals surface area contributed by atoms with Crippen LogP contribution in [0.15, 0.2) is 47.1 Å². The second-order valence-electron chi connectivity index (χ2n) is 8.02. The molecule has 15 heteroatoms. The number of benzene rings is 1. The molecule has 2 aromatic heterocycles. The molecule has 39 heavy (non-hydrogen) atoms. The van der Waals surface area contributed by atoms with Crippen LogP contribution in [0.4, 0.5) is 29.1 Å². The predicted octanol–water partition coefficient (Wildman–Crippen LogP) is 4.60. The number of halogens is 2. The average molecular weight is 577 g/mol. The first-order chi connectivity index (χ1) is 18.8. The van der Waals surface area contributed by atoms with Crippen LogP contribution in [0.2, 0.25) is 10.0 Å². The zero-order valence-electron chi connectivity index (χ0n) is 22.0. The molecular weight excluding hydrogens is 547 g/mol. The van der Waals surface area contributed by atoms with Crippen molar-refractivity contribution in [3.8, 4) is 11.6 Å². The number of hydrogen-bond donors (Lipinski definition) is 4. The number of carbonyl (C=O) groups excluding carboxylic acids is 1. The van der Waals surface area contributed by atoms with Gasteiger partial charge in [-0.05, 0) is 31.2 Å². The number of methoxy groups -OCH3 is 2. The highest BCUT2D eigenvalue weighted by Gasteiger charge is 2.17. The summed E-state index contributed by atoms with van der Waals surface area (Å²) in [7, 11) is 4.82. The fourth-order valence-corrected chi connectivity index (χ4v) is 3.69. The van der Waals surface area contributed by atoms with Gasteiger partial charge in [0.1, 0.15) is 0 Å². The lowest BCUT2D eigenvalue weighted by atomic mass is 10.3. The molecule has 4 N–H and O–H groups in total. The van der Waals surface area contributed by atoms with Gasteiger partial charge in [0, 0.05) is 44.4 Å². The topological polar surface area (TPSA) is 152 Å². The zero-order chi connectivity index (χ0) is 28.4. The third-order valence-electron chi connectivity index (χ3n) is 5.08. The molecule has 1 amide bonds. The van der Waals surface area contributed by atoms with E-state index >= 15 is 0 Å². The van der Waals surface area contributed by atoms with E-state index in [-0.39, 0.29) is 17.8 Å². The molecule has 1 aromatic carbocycles. The Morgan fingerprint density at radius 2 is 1.95 bits per heavy atom. The maximum atomic E-state index is 11.5. The van der Waals surface area contributed by atoms with Gasteiger partial charge >= 0.3 is 0 Å². The summed E-state index contributed by atoms with van der Waals surface area (Å²) in [5.41, 5.74) is 0.845. The molecule has 0 saturated heterocycles. The van der Waals surface area contributed by atoms with Crippen molar-refractivity contribution in [1.29, 1.82) is 0 Å². The SMILES string of the molecule is C=CC(=O)NCCNc1nc(NC(C)COC)nc(NC)c1N=Nc1cc(OC)n(-c2cc(Cl)ccc2Cl)n1. The first-order valence-corrected chi connectivity index (χ1v) is 12.6. The number of ether oxygens (including phenoxy) is 2. The Bertz CT molecular complexity index is 1330. The van der Waals surface area contributed by atoms with Crippen molar-refractivity contribution >= 4 is 58.2 Å². The summed E-state index contributed by atoms with van der Waals surface area (Å²) in [5, 5.41) is 26.1. The molecule has 0 aliphatic carbocycles. The molecule has 13 nitrogen and oxygen atoms in total. The number of rotatable bonds is 14. The molecule has 1 unspecified atom stereocenters. The second-order valence-corrected chi connectivity index (χ2v) is 8.86. The Balaban J connectivity index is 1.96. The maximum Gasteiger partial charge on any atom is 0.243 e. The molecule has 0 bridgehead atoms. The third kappa shape index (κ3) is 8.02. The van der Waals surface area contributed by atoms with Gasteiger partial charge in [0.25, 0.3) is 0 Å². The summed E-state index contributed by atoms with van der Waals surface area (Å²) in [6.45, 7) is 6.52. The normalized spacial score (nSPS) is 11.7. The minimum atomic E-state index is -0.282. The number of hydrogen-bond acceptors (Lipinski definition) is 11. The van der Waals surface area contributed by atoms with E-state index in [0.717, 1.165) is 0 Å². The molecule has 2 heterocycles. The van der Waals surface area contributed by atoms with Gasteiger partial charge in [0.15, 0.2) is 23.1 Å². The summed E-state index contributed by atoms with van der Waals surface area (Å²) in [6, 6.07) is 6.55. The van der Waals surface area contributed by atoms with Gasteiger partial charge in [-0.1, -0.05) is 29.8 Å². The summed E-state index contributed by atoms with van der Waals surface area (Å²) in [5.74, 6) is 1.47. The second kappa shape index (κ2) is 14.3. The maximum absolute atomic E-state index is 11.5. The van der Waals surface area contributed by atoms with Crippen molar-refractivity contribution < 1.29 is 14.3 Å². The number of anilines is 3. The van der Waals surface area contributed by atoms with Crippen LogP contribution >= 0.6 is 23.2 Å². The van der Waals surface area contributed by atoms with Crippen molar-refractivity contribution in [1.82, 2.24) is 25.1 Å². The van der Waals surface area contributed by atoms with E-state index in [0.29, 0.717) is 64.6 Å². The Kier molecular flexibility index (Phi) is 10.8. The van der Waals surface area contributed by atoms with E-state index < -0.39 is 0 Å². The third-order valence-corrected chi connectivity index (χ3v) is 5.63. The number of amides is 1. The van der Waals surface area contributed by atoms with E-state index in [2.05, 4.69) is 53.1 Å². The van der Waals surface area contributed by atoms with Crippen molar-refractivity contribution in [3.05, 3.63) is 47.0 Å². The number of nitrogens with one attached hydrogen (secondary N) is 4. The number of carbonyl (C=O) groups is 1. The minimum absolute atomic E-state index is 0.0540. The Hall–Kier alpha value is -3.94. The molecule has 0 saturated carbocycles. The van der Waals surface area contributed by atoms with Gasteiger partial charge < -0.3 is 30.7 Å². The highest BCUT2D eigenvalue weighted by atomic mass is 35.5. The van der Waals surface area contributed by atoms with Gasteiger partial charge in [-0.25, -0.2) is 0 Å². The summed E-state index contributed by atoms with van der Waals surface area (Å²) >= 11 is 12.5.